The molecule has 4 rings (SSSR count). The van der Waals surface area contributed by atoms with Crippen molar-refractivity contribution in [3.05, 3.63) is 107 Å². The highest BCUT2D eigenvalue weighted by Gasteiger charge is 2.23. The molecule has 2 nitrogen and oxygen atoms in total. The van der Waals surface area contributed by atoms with Gasteiger partial charge in [0.05, 0.1) is 5.70 Å². The highest BCUT2D eigenvalue weighted by atomic mass is 16.2. The molecule has 0 aliphatic carbocycles. The summed E-state index contributed by atoms with van der Waals surface area (Å²) >= 11 is 0. The second kappa shape index (κ2) is 6.78. The number of carbonyl (C=O) groups excluding carboxylic acids is 1. The zero-order valence-corrected chi connectivity index (χ0v) is 13.9. The molecule has 0 N–H and O–H groups in total. The van der Waals surface area contributed by atoms with Crippen molar-refractivity contribution < 1.29 is 4.79 Å². The fourth-order valence-corrected chi connectivity index (χ4v) is 3.28. The molecule has 122 valence electrons. The van der Waals surface area contributed by atoms with Crippen molar-refractivity contribution in [3.63, 3.8) is 0 Å². The zero-order chi connectivity index (χ0) is 17.1. The van der Waals surface area contributed by atoms with Gasteiger partial charge in [-0.1, -0.05) is 72.8 Å². The lowest BCUT2D eigenvalue weighted by atomic mass is 10.0. The number of hydrogen-bond acceptors (Lipinski definition) is 1. The minimum atomic E-state index is 0.0449. The van der Waals surface area contributed by atoms with E-state index in [9.17, 15) is 4.79 Å². The molecule has 0 fully saturated rings. The molecule has 0 unspecified atom stereocenters. The first-order valence-corrected chi connectivity index (χ1v) is 8.55. The maximum absolute atomic E-state index is 13.2. The largest absolute Gasteiger partial charge is 0.307 e. The SMILES string of the molecule is O=C(c1ccccc1)N1CCc2ccccc2C=C1c1ccccc1. The molecule has 1 aliphatic heterocycles. The third-order valence-corrected chi connectivity index (χ3v) is 4.58. The van der Waals surface area contributed by atoms with Crippen molar-refractivity contribution in [1.29, 1.82) is 0 Å². The molecule has 3 aromatic carbocycles. The van der Waals surface area contributed by atoms with Crippen LogP contribution >= 0.6 is 0 Å². The highest BCUT2D eigenvalue weighted by Crippen LogP contribution is 2.29. The number of fused-ring (bicyclic) bond motifs is 1. The van der Waals surface area contributed by atoms with Crippen LogP contribution in [0.2, 0.25) is 0 Å². The van der Waals surface area contributed by atoms with E-state index in [0.717, 1.165) is 23.2 Å². The summed E-state index contributed by atoms with van der Waals surface area (Å²) < 4.78 is 0. The molecule has 2 heteroatoms. The van der Waals surface area contributed by atoms with Gasteiger partial charge < -0.3 is 4.90 Å². The average molecular weight is 325 g/mol. The summed E-state index contributed by atoms with van der Waals surface area (Å²) in [5.74, 6) is 0.0449. The number of rotatable bonds is 2. The van der Waals surface area contributed by atoms with Gasteiger partial charge in [0.15, 0.2) is 0 Å². The monoisotopic (exact) mass is 325 g/mol. The summed E-state index contributed by atoms with van der Waals surface area (Å²) in [5.41, 5.74) is 5.20. The van der Waals surface area contributed by atoms with Crippen LogP contribution < -0.4 is 0 Å². The quantitative estimate of drug-likeness (QED) is 0.657. The van der Waals surface area contributed by atoms with Crippen LogP contribution in [0.25, 0.3) is 11.8 Å². The van der Waals surface area contributed by atoms with Gasteiger partial charge in [-0.25, -0.2) is 0 Å². The van der Waals surface area contributed by atoms with E-state index in [1.807, 2.05) is 59.5 Å². The smallest absolute Gasteiger partial charge is 0.258 e. The molecule has 1 heterocycles. The van der Waals surface area contributed by atoms with Gasteiger partial charge in [0.1, 0.15) is 0 Å². The minimum absolute atomic E-state index is 0.0449. The van der Waals surface area contributed by atoms with Crippen molar-refractivity contribution >= 4 is 17.7 Å². The first-order chi connectivity index (χ1) is 12.3. The molecule has 0 bridgehead atoms. The lowest BCUT2D eigenvalue weighted by Crippen LogP contribution is -2.30. The molecule has 0 atom stereocenters. The van der Waals surface area contributed by atoms with E-state index in [-0.39, 0.29) is 5.91 Å². The summed E-state index contributed by atoms with van der Waals surface area (Å²) in [6.45, 7) is 0.672. The van der Waals surface area contributed by atoms with Gasteiger partial charge in [-0.05, 0) is 41.3 Å². The predicted octanol–water partition coefficient (Wildman–Crippen LogP) is 4.88. The van der Waals surface area contributed by atoms with Gasteiger partial charge in [-0.15, -0.1) is 0 Å². The molecule has 3 aromatic rings. The van der Waals surface area contributed by atoms with Gasteiger partial charge in [0, 0.05) is 12.1 Å². The Morgan fingerprint density at radius 2 is 1.40 bits per heavy atom. The van der Waals surface area contributed by atoms with Crippen LogP contribution in [0.3, 0.4) is 0 Å². The second-order valence-corrected chi connectivity index (χ2v) is 6.17. The number of nitrogens with zero attached hydrogens (tertiary/aromatic N) is 1. The molecule has 1 aliphatic rings. The molecule has 1 amide bonds. The number of hydrogen-bond donors (Lipinski definition) is 0. The summed E-state index contributed by atoms with van der Waals surface area (Å²) in [7, 11) is 0. The van der Waals surface area contributed by atoms with E-state index in [4.69, 9.17) is 0 Å². The lowest BCUT2D eigenvalue weighted by molar-refractivity contribution is 0.0838. The Hall–Kier alpha value is -3.13. The van der Waals surface area contributed by atoms with Crippen molar-refractivity contribution in [2.75, 3.05) is 6.54 Å². The first-order valence-electron chi connectivity index (χ1n) is 8.55. The van der Waals surface area contributed by atoms with Crippen LogP contribution in [0.5, 0.6) is 0 Å². The van der Waals surface area contributed by atoms with Crippen LogP contribution in [0, 0.1) is 0 Å². The van der Waals surface area contributed by atoms with Crippen LogP contribution in [0.4, 0.5) is 0 Å². The van der Waals surface area contributed by atoms with E-state index in [2.05, 4.69) is 36.4 Å². The molecular formula is C23H19NO. The number of benzene rings is 3. The topological polar surface area (TPSA) is 20.3 Å². The number of amides is 1. The molecule has 0 radical (unpaired) electrons. The fraction of sp³-hybridized carbons (Fsp3) is 0.0870. The third-order valence-electron chi connectivity index (χ3n) is 4.58. The Morgan fingerprint density at radius 1 is 0.760 bits per heavy atom. The normalized spacial score (nSPS) is 13.6. The van der Waals surface area contributed by atoms with Gasteiger partial charge in [0.2, 0.25) is 0 Å². The Kier molecular flexibility index (Phi) is 4.17. The Labute approximate surface area is 148 Å². The van der Waals surface area contributed by atoms with Crippen molar-refractivity contribution in [2.45, 2.75) is 6.42 Å². The second-order valence-electron chi connectivity index (χ2n) is 6.17. The zero-order valence-electron chi connectivity index (χ0n) is 13.9. The molecule has 25 heavy (non-hydrogen) atoms. The highest BCUT2D eigenvalue weighted by molar-refractivity contribution is 6.02. The van der Waals surface area contributed by atoms with Crippen molar-refractivity contribution in [1.82, 2.24) is 4.90 Å². The Morgan fingerprint density at radius 3 is 2.16 bits per heavy atom. The van der Waals surface area contributed by atoms with E-state index in [0.29, 0.717) is 6.54 Å². The summed E-state index contributed by atoms with van der Waals surface area (Å²) in [6.07, 6.45) is 2.99. The van der Waals surface area contributed by atoms with Gasteiger partial charge in [0.25, 0.3) is 5.91 Å². The predicted molar refractivity (Wildman–Crippen MR) is 102 cm³/mol. The fourth-order valence-electron chi connectivity index (χ4n) is 3.28. The maximum Gasteiger partial charge on any atom is 0.258 e. The van der Waals surface area contributed by atoms with Gasteiger partial charge in [-0.3, -0.25) is 4.79 Å². The van der Waals surface area contributed by atoms with Crippen LogP contribution in [-0.2, 0) is 6.42 Å². The van der Waals surface area contributed by atoms with Crippen LogP contribution in [0.15, 0.2) is 84.9 Å². The van der Waals surface area contributed by atoms with E-state index in [1.54, 1.807) is 0 Å². The van der Waals surface area contributed by atoms with Crippen molar-refractivity contribution in [3.8, 4) is 0 Å². The Bertz CT molecular complexity index is 913. The van der Waals surface area contributed by atoms with Crippen LogP contribution in [0.1, 0.15) is 27.0 Å². The minimum Gasteiger partial charge on any atom is -0.307 e. The summed E-state index contributed by atoms with van der Waals surface area (Å²) in [5, 5.41) is 0. The summed E-state index contributed by atoms with van der Waals surface area (Å²) in [4.78, 5) is 15.1. The van der Waals surface area contributed by atoms with E-state index in [1.165, 1.54) is 11.1 Å². The standard InChI is InChI=1S/C23H19NO/c25-23(20-12-5-2-6-13-20)24-16-15-18-9-7-8-14-21(18)17-22(24)19-10-3-1-4-11-19/h1-14,17H,15-16H2. The Balaban J connectivity index is 1.82. The number of carbonyl (C=O) groups is 1. The van der Waals surface area contributed by atoms with Crippen molar-refractivity contribution in [2.24, 2.45) is 0 Å². The molecule has 0 spiro atoms. The molecule has 0 saturated carbocycles. The molecular weight excluding hydrogens is 306 g/mol. The maximum atomic E-state index is 13.2. The average Bonchev–Trinajstić information content (AvgIpc) is 2.88. The van der Waals surface area contributed by atoms with Crippen LogP contribution in [-0.4, -0.2) is 17.4 Å². The van der Waals surface area contributed by atoms with E-state index < -0.39 is 0 Å². The first kappa shape index (κ1) is 15.4. The summed E-state index contributed by atoms with van der Waals surface area (Å²) in [6, 6.07) is 28.0. The molecule has 0 aromatic heterocycles. The van der Waals surface area contributed by atoms with E-state index >= 15 is 0 Å². The third kappa shape index (κ3) is 3.11. The molecule has 0 saturated heterocycles. The van der Waals surface area contributed by atoms with Gasteiger partial charge in [-0.2, -0.15) is 0 Å². The van der Waals surface area contributed by atoms with Gasteiger partial charge >= 0.3 is 0 Å². The lowest BCUT2D eigenvalue weighted by Gasteiger charge is -2.24.